The van der Waals surface area contributed by atoms with E-state index < -0.39 is 36.7 Å². The fourth-order valence-corrected chi connectivity index (χ4v) is 6.42. The molecule has 1 atom stereocenters. The van der Waals surface area contributed by atoms with E-state index in [-0.39, 0.29) is 30.3 Å². The second kappa shape index (κ2) is 12.8. The van der Waals surface area contributed by atoms with Gasteiger partial charge in [-0.05, 0) is 56.0 Å². The van der Waals surface area contributed by atoms with E-state index in [0.29, 0.717) is 65.6 Å². The van der Waals surface area contributed by atoms with E-state index in [1.807, 2.05) is 4.90 Å². The molecule has 0 aliphatic carbocycles. The molecule has 43 heavy (non-hydrogen) atoms. The van der Waals surface area contributed by atoms with Crippen molar-refractivity contribution < 1.29 is 37.0 Å². The van der Waals surface area contributed by atoms with Crippen LogP contribution in [0.3, 0.4) is 0 Å². The zero-order valence-corrected chi connectivity index (χ0v) is 24.1. The second-order valence-corrected chi connectivity index (χ2v) is 11.6. The molecule has 2 aromatic heterocycles. The van der Waals surface area contributed by atoms with Gasteiger partial charge >= 0.3 is 12.1 Å². The minimum Gasteiger partial charge on any atom is -0.497 e. The quantitative estimate of drug-likeness (QED) is 0.312. The van der Waals surface area contributed by atoms with Crippen LogP contribution in [0.1, 0.15) is 46.6 Å². The summed E-state index contributed by atoms with van der Waals surface area (Å²) in [5.41, 5.74) is 1.10. The summed E-state index contributed by atoms with van der Waals surface area (Å²) < 4.78 is 60.0. The number of carbonyl (C=O) groups is 2. The minimum absolute atomic E-state index is 0.000228. The molecule has 2 N–H and O–H groups in total. The smallest absolute Gasteiger partial charge is 0.404 e. The molecule has 0 saturated carbocycles. The van der Waals surface area contributed by atoms with Crippen LogP contribution in [0.4, 0.5) is 28.5 Å². The van der Waals surface area contributed by atoms with Crippen LogP contribution in [0.5, 0.6) is 5.75 Å². The van der Waals surface area contributed by atoms with E-state index in [0.717, 1.165) is 11.3 Å². The molecule has 5 rings (SSSR count). The number of aliphatic carboxylic acids is 1. The highest BCUT2D eigenvalue weighted by Gasteiger charge is 2.46. The summed E-state index contributed by atoms with van der Waals surface area (Å²) in [4.78, 5) is 41.1. The number of nitrogens with one attached hydrogen (secondary N) is 1. The normalized spacial score (nSPS) is 18.2. The Morgan fingerprint density at radius 2 is 1.88 bits per heavy atom. The van der Waals surface area contributed by atoms with Gasteiger partial charge in [0.2, 0.25) is 0 Å². The SMILES string of the molecule is COc1cc(CF)cc(-c2nc(NC(=O)c3cnc(N4CCC(C(=O)O)CC4)cn3)sc2CN2CCC[C@H]2C(F)(F)F)c1. The number of nitrogens with zero attached hydrogens (tertiary/aromatic N) is 5. The Morgan fingerprint density at radius 3 is 2.51 bits per heavy atom. The predicted molar refractivity (Wildman–Crippen MR) is 151 cm³/mol. The summed E-state index contributed by atoms with van der Waals surface area (Å²) in [6, 6.07) is 3.12. The molecule has 3 aromatic rings. The molecule has 10 nitrogen and oxygen atoms in total. The molecular weight excluding hydrogens is 592 g/mol. The van der Waals surface area contributed by atoms with E-state index in [4.69, 9.17) is 4.74 Å². The van der Waals surface area contributed by atoms with Crippen LogP contribution < -0.4 is 15.0 Å². The first kappa shape index (κ1) is 30.6. The van der Waals surface area contributed by atoms with Crippen molar-refractivity contribution in [3.63, 3.8) is 0 Å². The minimum atomic E-state index is -4.38. The molecule has 0 unspecified atom stereocenters. The van der Waals surface area contributed by atoms with Crippen molar-refractivity contribution in [2.75, 3.05) is 37.0 Å². The Morgan fingerprint density at radius 1 is 1.12 bits per heavy atom. The topological polar surface area (TPSA) is 121 Å². The van der Waals surface area contributed by atoms with Gasteiger partial charge in [0.05, 0.1) is 31.1 Å². The van der Waals surface area contributed by atoms with Crippen LogP contribution in [0.25, 0.3) is 11.3 Å². The van der Waals surface area contributed by atoms with Crippen LogP contribution in [0.2, 0.25) is 0 Å². The molecule has 2 saturated heterocycles. The molecular formula is C28H30F4N6O4S. The number of benzene rings is 1. The average Bonchev–Trinajstić information content (AvgIpc) is 3.64. The number of aromatic nitrogens is 3. The number of hydrogen-bond acceptors (Lipinski definition) is 9. The fraction of sp³-hybridized carbons (Fsp3) is 0.464. The number of anilines is 2. The number of rotatable bonds is 9. The lowest BCUT2D eigenvalue weighted by atomic mass is 9.97. The summed E-state index contributed by atoms with van der Waals surface area (Å²) in [5, 5.41) is 12.0. The maximum Gasteiger partial charge on any atom is 0.404 e. The standard InChI is InChI=1S/C28H30F4N6O4S/c1-42-19-10-16(12-29)9-18(11-19)24-21(15-38-6-2-3-22(38)28(30,31)32)43-27(35-24)36-25(39)20-13-34-23(14-33-20)37-7-4-17(5-8-37)26(40)41/h9-11,13-14,17,22H,2-8,12,15H2,1H3,(H,40,41)(H,35,36,39)/t22-/m0/s1. The van der Waals surface area contributed by atoms with Crippen LogP contribution in [0, 0.1) is 5.92 Å². The average molecular weight is 623 g/mol. The lowest BCUT2D eigenvalue weighted by molar-refractivity contribution is -0.177. The second-order valence-electron chi connectivity index (χ2n) is 10.5. The first-order valence-corrected chi connectivity index (χ1v) is 14.5. The van der Waals surface area contributed by atoms with Crippen molar-refractivity contribution in [1.29, 1.82) is 0 Å². The number of carboxylic acid groups (broad SMARTS) is 1. The summed E-state index contributed by atoms with van der Waals surface area (Å²) in [6.07, 6.45) is -0.277. The molecule has 0 spiro atoms. The van der Waals surface area contributed by atoms with Crippen LogP contribution in [0.15, 0.2) is 30.6 Å². The Kier molecular flexibility index (Phi) is 9.11. The third-order valence-electron chi connectivity index (χ3n) is 7.67. The molecule has 2 aliphatic rings. The highest BCUT2D eigenvalue weighted by Crippen LogP contribution is 2.39. The van der Waals surface area contributed by atoms with Crippen LogP contribution in [-0.4, -0.2) is 75.8 Å². The van der Waals surface area contributed by atoms with Gasteiger partial charge in [-0.15, -0.1) is 0 Å². The Labute approximate surface area is 248 Å². The van der Waals surface area contributed by atoms with E-state index in [2.05, 4.69) is 20.3 Å². The lowest BCUT2D eigenvalue weighted by Gasteiger charge is -2.30. The van der Waals surface area contributed by atoms with Crippen molar-refractivity contribution in [3.05, 3.63) is 46.7 Å². The number of methoxy groups -OCH3 is 1. The van der Waals surface area contributed by atoms with Gasteiger partial charge in [0.15, 0.2) is 5.13 Å². The largest absolute Gasteiger partial charge is 0.497 e. The van der Waals surface area contributed by atoms with Crippen molar-refractivity contribution >= 4 is 34.2 Å². The number of halogens is 4. The van der Waals surface area contributed by atoms with Crippen molar-refractivity contribution in [3.8, 4) is 17.0 Å². The van der Waals surface area contributed by atoms with Crippen molar-refractivity contribution in [1.82, 2.24) is 19.9 Å². The van der Waals surface area contributed by atoms with Gasteiger partial charge in [0.1, 0.15) is 30.0 Å². The number of amides is 1. The number of alkyl halides is 4. The number of piperidine rings is 1. The zero-order valence-electron chi connectivity index (χ0n) is 23.2. The number of likely N-dealkylation sites (tertiary alicyclic amines) is 1. The van der Waals surface area contributed by atoms with E-state index in [1.165, 1.54) is 30.5 Å². The molecule has 0 bridgehead atoms. The Bertz CT molecular complexity index is 1440. The van der Waals surface area contributed by atoms with E-state index in [1.54, 1.807) is 12.1 Å². The van der Waals surface area contributed by atoms with Gasteiger partial charge in [-0.3, -0.25) is 19.8 Å². The highest BCUT2D eigenvalue weighted by molar-refractivity contribution is 7.16. The van der Waals surface area contributed by atoms with Crippen molar-refractivity contribution in [2.24, 2.45) is 5.92 Å². The summed E-state index contributed by atoms with van der Waals surface area (Å²) in [5.74, 6) is -0.939. The predicted octanol–water partition coefficient (Wildman–Crippen LogP) is 5.16. The van der Waals surface area contributed by atoms with Gasteiger partial charge in [0, 0.05) is 30.1 Å². The van der Waals surface area contributed by atoms with Gasteiger partial charge in [0.25, 0.3) is 5.91 Å². The molecule has 1 amide bonds. The molecule has 4 heterocycles. The Hall–Kier alpha value is -3.85. The number of ether oxygens (including phenoxy) is 1. The lowest BCUT2D eigenvalue weighted by Crippen LogP contribution is -2.40. The first-order valence-electron chi connectivity index (χ1n) is 13.7. The van der Waals surface area contributed by atoms with Crippen LogP contribution >= 0.6 is 11.3 Å². The molecule has 2 fully saturated rings. The van der Waals surface area contributed by atoms with Gasteiger partial charge < -0.3 is 14.7 Å². The molecule has 230 valence electrons. The third-order valence-corrected chi connectivity index (χ3v) is 8.63. The van der Waals surface area contributed by atoms with Gasteiger partial charge in [-0.25, -0.2) is 19.3 Å². The Balaban J connectivity index is 1.37. The van der Waals surface area contributed by atoms with E-state index >= 15 is 0 Å². The van der Waals surface area contributed by atoms with Crippen molar-refractivity contribution in [2.45, 2.75) is 51.1 Å². The monoisotopic (exact) mass is 622 g/mol. The summed E-state index contributed by atoms with van der Waals surface area (Å²) >= 11 is 1.04. The molecule has 2 aliphatic heterocycles. The number of carboxylic acids is 1. The first-order chi connectivity index (χ1) is 20.5. The van der Waals surface area contributed by atoms with E-state index in [9.17, 15) is 32.3 Å². The summed E-state index contributed by atoms with van der Waals surface area (Å²) in [6.45, 7) is 0.432. The molecule has 15 heteroatoms. The number of hydrogen-bond donors (Lipinski definition) is 2. The number of thiazole rings is 1. The zero-order chi connectivity index (χ0) is 30.7. The maximum atomic E-state index is 13.7. The van der Waals surface area contributed by atoms with Gasteiger partial charge in [-0.2, -0.15) is 13.2 Å². The summed E-state index contributed by atoms with van der Waals surface area (Å²) in [7, 11) is 1.43. The maximum absolute atomic E-state index is 13.7. The van der Waals surface area contributed by atoms with Gasteiger partial charge in [-0.1, -0.05) is 11.3 Å². The number of carbonyl (C=O) groups excluding carboxylic acids is 1. The molecule has 1 aromatic carbocycles. The van der Waals surface area contributed by atoms with Crippen LogP contribution in [-0.2, 0) is 18.0 Å². The third kappa shape index (κ3) is 7.04. The highest BCUT2D eigenvalue weighted by atomic mass is 32.1. The molecule has 0 radical (unpaired) electrons. The fourth-order valence-electron chi connectivity index (χ4n) is 5.42.